The molecule has 0 aliphatic rings. The Hall–Kier alpha value is -2.18. The molecule has 3 rings (SSSR count). The summed E-state index contributed by atoms with van der Waals surface area (Å²) in [7, 11) is 0. The molecule has 0 saturated heterocycles. The van der Waals surface area contributed by atoms with E-state index in [1.54, 1.807) is 22.7 Å². The van der Waals surface area contributed by atoms with Crippen LogP contribution in [0.25, 0.3) is 10.6 Å². The van der Waals surface area contributed by atoms with E-state index in [0.717, 1.165) is 22.8 Å². The van der Waals surface area contributed by atoms with Crippen molar-refractivity contribution >= 4 is 34.3 Å². The third kappa shape index (κ3) is 4.43. The number of nitrogens with zero attached hydrogens (tertiary/aromatic N) is 2. The lowest BCUT2D eigenvalue weighted by molar-refractivity contribution is 0.983. The smallest absolute Gasteiger partial charge is 0.193 e. The van der Waals surface area contributed by atoms with Crippen molar-refractivity contribution in [2.24, 2.45) is 10.7 Å². The number of aromatic nitrogens is 1. The van der Waals surface area contributed by atoms with E-state index in [9.17, 15) is 0 Å². The minimum Gasteiger partial charge on any atom is -0.370 e. The van der Waals surface area contributed by atoms with E-state index in [1.807, 2.05) is 25.1 Å². The number of benzene rings is 1. The quantitative estimate of drug-likeness (QED) is 0.524. The van der Waals surface area contributed by atoms with Gasteiger partial charge < -0.3 is 11.1 Å². The van der Waals surface area contributed by atoms with Crippen molar-refractivity contribution in [3.05, 3.63) is 57.2 Å². The third-order valence-electron chi connectivity index (χ3n) is 3.46. The maximum atomic E-state index is 5.95. The fourth-order valence-corrected chi connectivity index (χ4v) is 3.97. The van der Waals surface area contributed by atoms with E-state index in [2.05, 4.69) is 45.8 Å². The molecular formula is C18H20N4S2. The predicted octanol–water partition coefficient (Wildman–Crippen LogP) is 4.46. The van der Waals surface area contributed by atoms with Gasteiger partial charge in [0.2, 0.25) is 0 Å². The van der Waals surface area contributed by atoms with Gasteiger partial charge in [-0.05, 0) is 43.7 Å². The molecule has 1 aromatic carbocycles. The molecule has 6 heteroatoms. The highest BCUT2D eigenvalue weighted by Crippen LogP contribution is 2.29. The molecule has 0 saturated carbocycles. The van der Waals surface area contributed by atoms with Crippen LogP contribution in [-0.2, 0) is 6.42 Å². The van der Waals surface area contributed by atoms with Crippen molar-refractivity contribution in [1.29, 1.82) is 0 Å². The molecule has 4 nitrogen and oxygen atoms in total. The number of nitrogens with one attached hydrogen (secondary N) is 1. The summed E-state index contributed by atoms with van der Waals surface area (Å²) >= 11 is 3.45. The molecule has 0 amide bonds. The van der Waals surface area contributed by atoms with E-state index in [-0.39, 0.29) is 0 Å². The first-order chi connectivity index (χ1) is 11.6. The number of hydrogen-bond donors (Lipinski definition) is 2. The number of guanidine groups is 1. The molecule has 2 heterocycles. The van der Waals surface area contributed by atoms with Gasteiger partial charge in [-0.25, -0.2) is 4.98 Å². The highest BCUT2D eigenvalue weighted by molar-refractivity contribution is 7.16. The van der Waals surface area contributed by atoms with Gasteiger partial charge in [-0.1, -0.05) is 12.1 Å². The van der Waals surface area contributed by atoms with Crippen molar-refractivity contribution in [3.8, 4) is 10.6 Å². The lowest BCUT2D eigenvalue weighted by Crippen LogP contribution is -2.23. The summed E-state index contributed by atoms with van der Waals surface area (Å²) in [6.45, 7) is 4.75. The maximum Gasteiger partial charge on any atom is 0.193 e. The Labute approximate surface area is 150 Å². The van der Waals surface area contributed by atoms with Crippen LogP contribution in [0.1, 0.15) is 15.4 Å². The van der Waals surface area contributed by atoms with Gasteiger partial charge in [-0.2, -0.15) is 0 Å². The minimum atomic E-state index is 0.451. The molecule has 0 radical (unpaired) electrons. The van der Waals surface area contributed by atoms with Crippen LogP contribution < -0.4 is 11.1 Å². The van der Waals surface area contributed by atoms with E-state index in [1.165, 1.54) is 15.3 Å². The molecule has 0 bridgehead atoms. The molecule has 3 N–H and O–H groups in total. The van der Waals surface area contributed by atoms with Crippen molar-refractivity contribution in [1.82, 2.24) is 4.98 Å². The topological polar surface area (TPSA) is 63.3 Å². The van der Waals surface area contributed by atoms with Gasteiger partial charge in [-0.3, -0.25) is 4.99 Å². The third-order valence-corrected chi connectivity index (χ3v) is 5.40. The summed E-state index contributed by atoms with van der Waals surface area (Å²) in [4.78, 5) is 11.4. The van der Waals surface area contributed by atoms with Gasteiger partial charge in [0.25, 0.3) is 0 Å². The average Bonchev–Trinajstić information content (AvgIpc) is 3.16. The van der Waals surface area contributed by atoms with Crippen LogP contribution in [0.5, 0.6) is 0 Å². The Bertz CT molecular complexity index is 848. The van der Waals surface area contributed by atoms with Gasteiger partial charge in [0, 0.05) is 28.9 Å². The first kappa shape index (κ1) is 16.7. The van der Waals surface area contributed by atoms with Crippen LogP contribution in [0.15, 0.2) is 46.8 Å². The predicted molar refractivity (Wildman–Crippen MR) is 105 cm³/mol. The lowest BCUT2D eigenvalue weighted by atomic mass is 10.2. The highest BCUT2D eigenvalue weighted by atomic mass is 32.1. The normalized spacial score (nSPS) is 11.7. The zero-order chi connectivity index (χ0) is 16.9. The second-order valence-corrected chi connectivity index (χ2v) is 7.76. The zero-order valence-electron chi connectivity index (χ0n) is 13.7. The van der Waals surface area contributed by atoms with Gasteiger partial charge in [0.1, 0.15) is 0 Å². The Morgan fingerprint density at radius 3 is 2.88 bits per heavy atom. The van der Waals surface area contributed by atoms with Gasteiger partial charge in [-0.15, -0.1) is 22.7 Å². The maximum absolute atomic E-state index is 5.95. The van der Waals surface area contributed by atoms with E-state index >= 15 is 0 Å². The van der Waals surface area contributed by atoms with Crippen LogP contribution in [0.4, 0.5) is 5.69 Å². The summed E-state index contributed by atoms with van der Waals surface area (Å²) in [5.74, 6) is 0.451. The first-order valence-electron chi connectivity index (χ1n) is 7.75. The second-order valence-electron chi connectivity index (χ2n) is 5.53. The van der Waals surface area contributed by atoms with Crippen molar-refractivity contribution < 1.29 is 0 Å². The van der Waals surface area contributed by atoms with Crippen LogP contribution in [0.3, 0.4) is 0 Å². The summed E-state index contributed by atoms with van der Waals surface area (Å²) in [5, 5.41) is 6.33. The number of aliphatic imine (C=N–C) groups is 1. The van der Waals surface area contributed by atoms with Gasteiger partial charge >= 0.3 is 0 Å². The van der Waals surface area contributed by atoms with E-state index in [4.69, 9.17) is 5.73 Å². The van der Waals surface area contributed by atoms with Crippen LogP contribution >= 0.6 is 22.7 Å². The Morgan fingerprint density at radius 2 is 2.12 bits per heavy atom. The molecule has 3 aromatic rings. The number of thiophene rings is 1. The lowest BCUT2D eigenvalue weighted by Gasteiger charge is -2.06. The van der Waals surface area contributed by atoms with E-state index in [0.29, 0.717) is 12.5 Å². The summed E-state index contributed by atoms with van der Waals surface area (Å²) in [5.41, 5.74) is 9.18. The summed E-state index contributed by atoms with van der Waals surface area (Å²) < 4.78 is 0. The van der Waals surface area contributed by atoms with Crippen LogP contribution in [0.2, 0.25) is 0 Å². The molecule has 0 aliphatic carbocycles. The number of nitrogens with two attached hydrogens (primary N) is 1. The fraction of sp³-hybridized carbons (Fsp3) is 0.222. The number of aryl methyl sites for hydroxylation is 2. The van der Waals surface area contributed by atoms with Gasteiger partial charge in [0.15, 0.2) is 5.96 Å². The minimum absolute atomic E-state index is 0.451. The molecule has 0 fully saturated rings. The van der Waals surface area contributed by atoms with Crippen LogP contribution in [0, 0.1) is 13.8 Å². The summed E-state index contributed by atoms with van der Waals surface area (Å²) in [6, 6.07) is 12.4. The average molecular weight is 357 g/mol. The molecule has 0 unspecified atom stereocenters. The molecule has 124 valence electrons. The largest absolute Gasteiger partial charge is 0.370 e. The molecular weight excluding hydrogens is 336 g/mol. The Balaban J connectivity index is 1.55. The zero-order valence-corrected chi connectivity index (χ0v) is 15.4. The van der Waals surface area contributed by atoms with Gasteiger partial charge in [0.05, 0.1) is 15.6 Å². The van der Waals surface area contributed by atoms with Crippen molar-refractivity contribution in [3.63, 3.8) is 0 Å². The fourth-order valence-electron chi connectivity index (χ4n) is 2.32. The summed E-state index contributed by atoms with van der Waals surface area (Å²) in [6.07, 6.45) is 0.879. The Morgan fingerprint density at radius 1 is 1.25 bits per heavy atom. The number of anilines is 1. The van der Waals surface area contributed by atoms with E-state index < -0.39 is 0 Å². The van der Waals surface area contributed by atoms with Crippen LogP contribution in [-0.4, -0.2) is 17.5 Å². The second kappa shape index (κ2) is 7.59. The van der Waals surface area contributed by atoms with Crippen molar-refractivity contribution in [2.45, 2.75) is 20.3 Å². The number of thiazole rings is 1. The molecule has 0 atom stereocenters. The molecule has 2 aromatic heterocycles. The monoisotopic (exact) mass is 356 g/mol. The SMILES string of the molecule is Cc1cccc(NC(N)=NCCc2ccc(-c3csc(C)n3)s2)c1. The van der Waals surface area contributed by atoms with Crippen molar-refractivity contribution in [2.75, 3.05) is 11.9 Å². The molecule has 0 aliphatic heterocycles. The number of rotatable bonds is 5. The molecule has 24 heavy (non-hydrogen) atoms. The number of hydrogen-bond acceptors (Lipinski definition) is 4. The first-order valence-corrected chi connectivity index (χ1v) is 9.44. The Kier molecular flexibility index (Phi) is 5.27. The molecule has 0 spiro atoms. The highest BCUT2D eigenvalue weighted by Gasteiger charge is 2.06. The standard InChI is InChI=1S/C18H20N4S2/c1-12-4-3-5-14(10-12)22-18(19)20-9-8-15-6-7-17(24-15)16-11-23-13(2)21-16/h3-7,10-11H,8-9H2,1-2H3,(H3,19,20,22).